The van der Waals surface area contributed by atoms with Crippen molar-refractivity contribution in [3.63, 3.8) is 0 Å². The standard InChI is InChI=1S/C16H21N3O2S/c17-16(20)19(21)10-14-8-13-4-3-11(7-15(13)22-14)6-12-2-1-5-18-9-12/h1-2,5,8-9,11,13,15,21H,3-4,6-7,10H2,(H2,17,20). The van der Waals surface area contributed by atoms with Crippen LogP contribution in [0.1, 0.15) is 24.8 Å². The van der Waals surface area contributed by atoms with Gasteiger partial charge in [0.2, 0.25) is 0 Å². The first-order valence-electron chi connectivity index (χ1n) is 7.64. The molecule has 1 aromatic rings. The fraction of sp³-hybridized carbons (Fsp3) is 0.500. The molecule has 118 valence electrons. The van der Waals surface area contributed by atoms with Crippen molar-refractivity contribution in [3.05, 3.63) is 41.1 Å². The maximum absolute atomic E-state index is 10.9. The van der Waals surface area contributed by atoms with Crippen LogP contribution in [0.5, 0.6) is 0 Å². The Kier molecular flexibility index (Phi) is 4.69. The van der Waals surface area contributed by atoms with E-state index in [1.54, 1.807) is 11.8 Å². The fourth-order valence-electron chi connectivity index (χ4n) is 3.39. The number of thioether (sulfide) groups is 1. The highest BCUT2D eigenvalue weighted by Crippen LogP contribution is 2.46. The molecule has 3 unspecified atom stereocenters. The maximum Gasteiger partial charge on any atom is 0.338 e. The number of hydrogen-bond acceptors (Lipinski definition) is 4. The van der Waals surface area contributed by atoms with E-state index in [0.29, 0.717) is 22.1 Å². The quantitative estimate of drug-likeness (QED) is 0.660. The molecule has 1 aliphatic heterocycles. The van der Waals surface area contributed by atoms with Gasteiger partial charge in [-0.2, -0.15) is 0 Å². The number of amides is 2. The Morgan fingerprint density at radius 3 is 3.09 bits per heavy atom. The van der Waals surface area contributed by atoms with E-state index in [2.05, 4.69) is 17.1 Å². The number of hydroxylamine groups is 2. The molecule has 0 radical (unpaired) electrons. The molecule has 1 aliphatic carbocycles. The van der Waals surface area contributed by atoms with Crippen molar-refractivity contribution >= 4 is 17.8 Å². The SMILES string of the molecule is NC(=O)N(O)CC1=CC2CCC(Cc3cccnc3)CC2S1. The van der Waals surface area contributed by atoms with Gasteiger partial charge < -0.3 is 5.73 Å². The Morgan fingerprint density at radius 2 is 2.36 bits per heavy atom. The molecule has 3 N–H and O–H groups in total. The Bertz CT molecular complexity index is 564. The van der Waals surface area contributed by atoms with E-state index in [4.69, 9.17) is 5.73 Å². The largest absolute Gasteiger partial charge is 0.350 e. The molecule has 2 aliphatic rings. The van der Waals surface area contributed by atoms with Crippen molar-refractivity contribution in [1.82, 2.24) is 10.0 Å². The minimum absolute atomic E-state index is 0.209. The summed E-state index contributed by atoms with van der Waals surface area (Å²) in [5.41, 5.74) is 6.37. The summed E-state index contributed by atoms with van der Waals surface area (Å²) in [6.45, 7) is 0.209. The van der Waals surface area contributed by atoms with E-state index in [9.17, 15) is 10.0 Å². The third kappa shape index (κ3) is 3.62. The first kappa shape index (κ1) is 15.4. The minimum atomic E-state index is -0.800. The highest BCUT2D eigenvalue weighted by molar-refractivity contribution is 8.04. The molecule has 1 saturated carbocycles. The normalized spacial score (nSPS) is 27.1. The van der Waals surface area contributed by atoms with Gasteiger partial charge in [0.1, 0.15) is 0 Å². The zero-order chi connectivity index (χ0) is 15.5. The van der Waals surface area contributed by atoms with Gasteiger partial charge in [-0.1, -0.05) is 12.1 Å². The minimum Gasteiger partial charge on any atom is -0.350 e. The van der Waals surface area contributed by atoms with Crippen LogP contribution in [-0.2, 0) is 6.42 Å². The molecule has 0 aromatic carbocycles. The number of primary amides is 1. The molecule has 0 bridgehead atoms. The second-order valence-corrected chi connectivity index (χ2v) is 7.46. The van der Waals surface area contributed by atoms with E-state index in [-0.39, 0.29) is 6.54 Å². The lowest BCUT2D eigenvalue weighted by Gasteiger charge is -2.31. The number of carbonyl (C=O) groups is 1. The first-order chi connectivity index (χ1) is 10.6. The van der Waals surface area contributed by atoms with E-state index < -0.39 is 6.03 Å². The van der Waals surface area contributed by atoms with Crippen LogP contribution in [0.4, 0.5) is 4.79 Å². The Balaban J connectivity index is 1.54. The van der Waals surface area contributed by atoms with Gasteiger partial charge in [0.25, 0.3) is 0 Å². The average Bonchev–Trinajstić information content (AvgIpc) is 2.89. The third-order valence-electron chi connectivity index (χ3n) is 4.46. The van der Waals surface area contributed by atoms with Crippen LogP contribution >= 0.6 is 11.8 Å². The smallest absolute Gasteiger partial charge is 0.338 e. The van der Waals surface area contributed by atoms with Crippen molar-refractivity contribution in [2.75, 3.05) is 6.54 Å². The predicted octanol–water partition coefficient (Wildman–Crippen LogP) is 2.81. The van der Waals surface area contributed by atoms with Crippen LogP contribution in [-0.4, -0.2) is 33.1 Å². The second-order valence-electron chi connectivity index (χ2n) is 6.09. The number of carbonyl (C=O) groups excluding carboxylic acids is 1. The Hall–Kier alpha value is -1.53. The lowest BCUT2D eigenvalue weighted by Crippen LogP contribution is -2.33. The van der Waals surface area contributed by atoms with Crippen molar-refractivity contribution in [3.8, 4) is 0 Å². The number of urea groups is 1. The van der Waals surface area contributed by atoms with Gasteiger partial charge in [0.15, 0.2) is 0 Å². The van der Waals surface area contributed by atoms with Crippen LogP contribution in [0.15, 0.2) is 35.5 Å². The van der Waals surface area contributed by atoms with E-state index in [0.717, 1.165) is 11.3 Å². The zero-order valence-electron chi connectivity index (χ0n) is 12.4. The molecule has 3 rings (SSSR count). The maximum atomic E-state index is 10.9. The summed E-state index contributed by atoms with van der Waals surface area (Å²) in [6, 6.07) is 3.33. The second kappa shape index (κ2) is 6.71. The predicted molar refractivity (Wildman–Crippen MR) is 86.3 cm³/mol. The molecule has 6 heteroatoms. The van der Waals surface area contributed by atoms with Crippen molar-refractivity contribution in [1.29, 1.82) is 0 Å². The van der Waals surface area contributed by atoms with Gasteiger partial charge in [-0.3, -0.25) is 10.2 Å². The van der Waals surface area contributed by atoms with E-state index >= 15 is 0 Å². The first-order valence-corrected chi connectivity index (χ1v) is 8.52. The van der Waals surface area contributed by atoms with Gasteiger partial charge in [-0.05, 0) is 49.1 Å². The molecule has 2 amide bonds. The zero-order valence-corrected chi connectivity index (χ0v) is 13.2. The summed E-state index contributed by atoms with van der Waals surface area (Å²) in [7, 11) is 0. The summed E-state index contributed by atoms with van der Waals surface area (Å²) in [5, 5.41) is 10.6. The van der Waals surface area contributed by atoms with Gasteiger partial charge in [0, 0.05) is 22.5 Å². The number of nitrogens with two attached hydrogens (primary N) is 1. The van der Waals surface area contributed by atoms with Crippen molar-refractivity contribution < 1.29 is 10.0 Å². The van der Waals surface area contributed by atoms with Crippen LogP contribution in [0.2, 0.25) is 0 Å². The molecule has 2 heterocycles. The summed E-state index contributed by atoms with van der Waals surface area (Å²) in [5.74, 6) is 1.25. The average molecular weight is 319 g/mol. The molecule has 0 spiro atoms. The van der Waals surface area contributed by atoms with Crippen molar-refractivity contribution in [2.45, 2.75) is 30.9 Å². The molecule has 1 aromatic heterocycles. The number of pyridine rings is 1. The topological polar surface area (TPSA) is 79.5 Å². The van der Waals surface area contributed by atoms with Gasteiger partial charge in [0.05, 0.1) is 6.54 Å². The van der Waals surface area contributed by atoms with E-state index in [1.807, 2.05) is 18.5 Å². The molecule has 5 nitrogen and oxygen atoms in total. The monoisotopic (exact) mass is 319 g/mol. The van der Waals surface area contributed by atoms with Gasteiger partial charge in [-0.15, -0.1) is 11.8 Å². The van der Waals surface area contributed by atoms with Gasteiger partial charge >= 0.3 is 6.03 Å². The lowest BCUT2D eigenvalue weighted by molar-refractivity contribution is -0.0295. The number of fused-ring (bicyclic) bond motifs is 1. The number of aromatic nitrogens is 1. The van der Waals surface area contributed by atoms with Crippen LogP contribution in [0.3, 0.4) is 0 Å². The summed E-state index contributed by atoms with van der Waals surface area (Å²) in [4.78, 5) is 16.2. The summed E-state index contributed by atoms with van der Waals surface area (Å²) in [6.07, 6.45) is 10.6. The Morgan fingerprint density at radius 1 is 1.50 bits per heavy atom. The molecule has 3 atom stereocenters. The third-order valence-corrected chi connectivity index (χ3v) is 5.87. The molecular weight excluding hydrogens is 298 g/mol. The highest BCUT2D eigenvalue weighted by Gasteiger charge is 2.35. The van der Waals surface area contributed by atoms with Crippen molar-refractivity contribution in [2.24, 2.45) is 17.6 Å². The number of hydrogen-bond donors (Lipinski definition) is 2. The van der Waals surface area contributed by atoms with Gasteiger partial charge in [-0.25, -0.2) is 9.86 Å². The number of rotatable bonds is 4. The van der Waals surface area contributed by atoms with Crippen LogP contribution < -0.4 is 5.73 Å². The molecule has 22 heavy (non-hydrogen) atoms. The fourth-order valence-corrected chi connectivity index (χ4v) is 4.98. The highest BCUT2D eigenvalue weighted by atomic mass is 32.2. The molecular formula is C16H21N3O2S. The number of allylic oxidation sites excluding steroid dienone is 1. The molecule has 0 saturated heterocycles. The van der Waals surface area contributed by atoms with Crippen LogP contribution in [0, 0.1) is 11.8 Å². The van der Waals surface area contributed by atoms with Crippen LogP contribution in [0.25, 0.3) is 0 Å². The summed E-state index contributed by atoms with van der Waals surface area (Å²) < 4.78 is 0. The number of nitrogens with zero attached hydrogens (tertiary/aromatic N) is 2. The van der Waals surface area contributed by atoms with E-state index in [1.165, 1.54) is 24.8 Å². The summed E-state index contributed by atoms with van der Waals surface area (Å²) >= 11 is 1.79. The lowest BCUT2D eigenvalue weighted by atomic mass is 9.79. The molecule has 1 fully saturated rings. The Labute approximate surface area is 134 Å².